The molecule has 0 radical (unpaired) electrons. The summed E-state index contributed by atoms with van der Waals surface area (Å²) in [6.45, 7) is 6.38. The van der Waals surface area contributed by atoms with Crippen molar-refractivity contribution in [3.63, 3.8) is 0 Å². The average Bonchev–Trinajstić information content (AvgIpc) is 2.90. The number of aryl methyl sites for hydroxylation is 1. The van der Waals surface area contributed by atoms with Crippen LogP contribution in [0.1, 0.15) is 17.0 Å². The largest absolute Gasteiger partial charge is 0.381 e. The van der Waals surface area contributed by atoms with Gasteiger partial charge in [0.25, 0.3) is 0 Å². The Hall–Kier alpha value is -0.490. The molecule has 2 rings (SSSR count). The summed E-state index contributed by atoms with van der Waals surface area (Å²) in [5.74, 6) is 0. The molecule has 17 heavy (non-hydrogen) atoms. The third-order valence-corrected chi connectivity index (χ3v) is 4.40. The molecular weight excluding hydrogens is 234 g/mol. The van der Waals surface area contributed by atoms with Gasteiger partial charge in [-0.05, 0) is 20.4 Å². The van der Waals surface area contributed by atoms with Gasteiger partial charge in [0, 0.05) is 36.5 Å². The number of aromatic nitrogens is 1. The van der Waals surface area contributed by atoms with Gasteiger partial charge in [-0.1, -0.05) is 0 Å². The van der Waals surface area contributed by atoms with E-state index in [0.29, 0.717) is 6.54 Å². The third-order valence-electron chi connectivity index (χ3n) is 3.48. The maximum Gasteiger partial charge on any atom is 0.0798 e. The zero-order chi connectivity index (χ0) is 12.3. The predicted octanol–water partition coefficient (Wildman–Crippen LogP) is 1.25. The van der Waals surface area contributed by atoms with Crippen LogP contribution in [-0.4, -0.2) is 43.2 Å². The smallest absolute Gasteiger partial charge is 0.0798 e. The Kier molecular flexibility index (Phi) is 4.14. The van der Waals surface area contributed by atoms with Gasteiger partial charge in [-0.3, -0.25) is 0 Å². The molecule has 2 N–H and O–H groups in total. The highest BCUT2D eigenvalue weighted by Crippen LogP contribution is 2.29. The lowest BCUT2D eigenvalue weighted by molar-refractivity contribution is 0.123. The Morgan fingerprint density at radius 3 is 3.00 bits per heavy atom. The summed E-state index contributed by atoms with van der Waals surface area (Å²) in [5, 5.41) is 0. The Bertz CT molecular complexity index is 360. The first-order chi connectivity index (χ1) is 8.15. The molecule has 1 fully saturated rings. The second-order valence-electron chi connectivity index (χ2n) is 5.04. The number of thiazole rings is 1. The average molecular weight is 255 g/mol. The summed E-state index contributed by atoms with van der Waals surface area (Å²) in [4.78, 5) is 7.96. The first kappa shape index (κ1) is 13.0. The molecule has 1 aromatic heterocycles. The highest BCUT2D eigenvalue weighted by molar-refractivity contribution is 7.09. The highest BCUT2D eigenvalue weighted by Gasteiger charge is 2.34. The van der Waals surface area contributed by atoms with Crippen LogP contribution in [0.5, 0.6) is 0 Å². The van der Waals surface area contributed by atoms with E-state index in [0.717, 1.165) is 38.4 Å². The number of hydrogen-bond acceptors (Lipinski definition) is 5. The molecule has 1 unspecified atom stereocenters. The van der Waals surface area contributed by atoms with Crippen molar-refractivity contribution in [3.8, 4) is 0 Å². The van der Waals surface area contributed by atoms with E-state index in [9.17, 15) is 0 Å². The lowest BCUT2D eigenvalue weighted by atomic mass is 9.87. The van der Waals surface area contributed by atoms with E-state index >= 15 is 0 Å². The predicted molar refractivity (Wildman–Crippen MR) is 70.1 cm³/mol. The SMILES string of the molecule is Cc1ncsc1CN(C)CC1(CN)CCOC1. The number of nitrogens with two attached hydrogens (primary N) is 1. The molecule has 0 saturated carbocycles. The molecule has 4 nitrogen and oxygen atoms in total. The van der Waals surface area contributed by atoms with E-state index < -0.39 is 0 Å². The maximum absolute atomic E-state index is 5.90. The molecular formula is C12H21N3OS. The molecule has 96 valence electrons. The Morgan fingerprint density at radius 1 is 1.65 bits per heavy atom. The van der Waals surface area contributed by atoms with E-state index in [4.69, 9.17) is 10.5 Å². The number of nitrogens with zero attached hydrogens (tertiary/aromatic N) is 2. The summed E-state index contributed by atoms with van der Waals surface area (Å²) in [6.07, 6.45) is 1.08. The quantitative estimate of drug-likeness (QED) is 0.860. The van der Waals surface area contributed by atoms with E-state index in [1.165, 1.54) is 4.88 Å². The molecule has 0 bridgehead atoms. The van der Waals surface area contributed by atoms with Gasteiger partial charge >= 0.3 is 0 Å². The van der Waals surface area contributed by atoms with Crippen LogP contribution in [-0.2, 0) is 11.3 Å². The van der Waals surface area contributed by atoms with Crippen molar-refractivity contribution < 1.29 is 4.74 Å². The topological polar surface area (TPSA) is 51.4 Å². The van der Waals surface area contributed by atoms with Gasteiger partial charge in [-0.25, -0.2) is 4.98 Å². The molecule has 0 amide bonds. The monoisotopic (exact) mass is 255 g/mol. The lowest BCUT2D eigenvalue weighted by Gasteiger charge is -2.30. The first-order valence-electron chi connectivity index (χ1n) is 6.00. The summed E-state index contributed by atoms with van der Waals surface area (Å²) in [7, 11) is 2.15. The zero-order valence-corrected chi connectivity index (χ0v) is 11.4. The molecule has 2 heterocycles. The van der Waals surface area contributed by atoms with Crippen molar-refractivity contribution in [3.05, 3.63) is 16.1 Å². The van der Waals surface area contributed by atoms with Gasteiger partial charge in [-0.15, -0.1) is 11.3 Å². The summed E-state index contributed by atoms with van der Waals surface area (Å²) >= 11 is 1.73. The van der Waals surface area contributed by atoms with Crippen LogP contribution in [0.2, 0.25) is 0 Å². The molecule has 1 atom stereocenters. The molecule has 1 aromatic rings. The van der Waals surface area contributed by atoms with Gasteiger partial charge < -0.3 is 15.4 Å². The van der Waals surface area contributed by atoms with Crippen LogP contribution >= 0.6 is 11.3 Å². The van der Waals surface area contributed by atoms with Gasteiger partial charge in [-0.2, -0.15) is 0 Å². The number of rotatable bonds is 5. The second-order valence-corrected chi connectivity index (χ2v) is 5.98. The van der Waals surface area contributed by atoms with Crippen LogP contribution < -0.4 is 5.73 Å². The van der Waals surface area contributed by atoms with Gasteiger partial charge in [0.1, 0.15) is 0 Å². The van der Waals surface area contributed by atoms with Crippen molar-refractivity contribution in [1.82, 2.24) is 9.88 Å². The zero-order valence-electron chi connectivity index (χ0n) is 10.6. The molecule has 1 aliphatic rings. The fourth-order valence-corrected chi connectivity index (χ4v) is 3.21. The Balaban J connectivity index is 1.92. The lowest BCUT2D eigenvalue weighted by Crippen LogP contribution is -2.41. The molecule has 0 aromatic carbocycles. The number of ether oxygens (including phenoxy) is 1. The summed E-state index contributed by atoms with van der Waals surface area (Å²) in [5.41, 5.74) is 9.12. The van der Waals surface area contributed by atoms with E-state index in [1.807, 2.05) is 5.51 Å². The second kappa shape index (κ2) is 5.44. The molecule has 0 spiro atoms. The molecule has 5 heteroatoms. The highest BCUT2D eigenvalue weighted by atomic mass is 32.1. The fraction of sp³-hybridized carbons (Fsp3) is 0.750. The van der Waals surface area contributed by atoms with E-state index in [2.05, 4.69) is 23.9 Å². The van der Waals surface area contributed by atoms with Gasteiger partial charge in [0.2, 0.25) is 0 Å². The minimum absolute atomic E-state index is 0.160. The fourth-order valence-electron chi connectivity index (χ4n) is 2.35. The van der Waals surface area contributed by atoms with Gasteiger partial charge in [0.05, 0.1) is 17.8 Å². The van der Waals surface area contributed by atoms with Crippen molar-refractivity contribution in [2.45, 2.75) is 19.9 Å². The Morgan fingerprint density at radius 2 is 2.47 bits per heavy atom. The van der Waals surface area contributed by atoms with Crippen LogP contribution in [0.25, 0.3) is 0 Å². The van der Waals surface area contributed by atoms with E-state index in [-0.39, 0.29) is 5.41 Å². The van der Waals surface area contributed by atoms with Crippen molar-refractivity contribution >= 4 is 11.3 Å². The van der Waals surface area contributed by atoms with Crippen molar-refractivity contribution in [2.75, 3.05) is 33.4 Å². The molecule has 0 aliphatic carbocycles. The van der Waals surface area contributed by atoms with Crippen molar-refractivity contribution in [1.29, 1.82) is 0 Å². The summed E-state index contributed by atoms with van der Waals surface area (Å²) in [6, 6.07) is 0. The standard InChI is InChI=1S/C12H21N3OS/c1-10-11(17-9-14-10)5-15(2)7-12(6-13)3-4-16-8-12/h9H,3-8,13H2,1-2H3. The Labute approximate surface area is 107 Å². The van der Waals surface area contributed by atoms with Crippen LogP contribution in [0.15, 0.2) is 5.51 Å². The third kappa shape index (κ3) is 3.04. The molecule has 1 aliphatic heterocycles. The van der Waals surface area contributed by atoms with Crippen LogP contribution in [0, 0.1) is 12.3 Å². The maximum atomic E-state index is 5.90. The normalized spacial score (nSPS) is 24.7. The van der Waals surface area contributed by atoms with E-state index in [1.54, 1.807) is 11.3 Å². The van der Waals surface area contributed by atoms with Crippen LogP contribution in [0.4, 0.5) is 0 Å². The molecule has 1 saturated heterocycles. The van der Waals surface area contributed by atoms with Crippen molar-refractivity contribution in [2.24, 2.45) is 11.1 Å². The number of hydrogen-bond donors (Lipinski definition) is 1. The first-order valence-corrected chi connectivity index (χ1v) is 6.88. The minimum atomic E-state index is 0.160. The minimum Gasteiger partial charge on any atom is -0.381 e. The summed E-state index contributed by atoms with van der Waals surface area (Å²) < 4.78 is 5.49. The van der Waals surface area contributed by atoms with Crippen LogP contribution in [0.3, 0.4) is 0 Å². The van der Waals surface area contributed by atoms with Gasteiger partial charge in [0.15, 0.2) is 0 Å².